The maximum absolute atomic E-state index is 11.6. The summed E-state index contributed by atoms with van der Waals surface area (Å²) in [5.41, 5.74) is 1.18. The van der Waals surface area contributed by atoms with E-state index >= 15 is 0 Å². The molecule has 0 aliphatic rings. The number of nitrogens with zero attached hydrogens (tertiary/aromatic N) is 1. The topological polar surface area (TPSA) is 75.1 Å². The van der Waals surface area contributed by atoms with Crippen molar-refractivity contribution in [2.75, 3.05) is 6.26 Å². The van der Waals surface area contributed by atoms with Gasteiger partial charge in [-0.05, 0) is 12.1 Å². The van der Waals surface area contributed by atoms with Crippen molar-refractivity contribution < 1.29 is 8.76 Å². The van der Waals surface area contributed by atoms with Crippen LogP contribution in [0.4, 0.5) is 0 Å². The molecule has 0 spiro atoms. The van der Waals surface area contributed by atoms with Crippen LogP contribution in [0.3, 0.4) is 0 Å². The fourth-order valence-electron chi connectivity index (χ4n) is 1.50. The van der Waals surface area contributed by atoms with Gasteiger partial charge in [0.05, 0.1) is 27.4 Å². The molecule has 1 atom stereocenters. The molecule has 16 heavy (non-hydrogen) atoms. The minimum Gasteiger partial charge on any atom is -0.314 e. The van der Waals surface area contributed by atoms with E-state index in [1.54, 1.807) is 12.1 Å². The highest BCUT2D eigenvalue weighted by Crippen LogP contribution is 2.07. The molecule has 1 heterocycles. The van der Waals surface area contributed by atoms with Gasteiger partial charge in [-0.15, -0.1) is 0 Å². The van der Waals surface area contributed by atoms with Crippen LogP contribution in [0.15, 0.2) is 29.1 Å². The van der Waals surface area contributed by atoms with Gasteiger partial charge in [0.15, 0.2) is 0 Å². The van der Waals surface area contributed by atoms with Crippen LogP contribution in [0.5, 0.6) is 0 Å². The Balaban J connectivity index is 2.57. The summed E-state index contributed by atoms with van der Waals surface area (Å²) in [4.78, 5) is 14.2. The van der Waals surface area contributed by atoms with E-state index in [-0.39, 0.29) is 12.2 Å². The molecular formula is C10H12N2O3S. The zero-order valence-electron chi connectivity index (χ0n) is 8.71. The second-order valence-electron chi connectivity index (χ2n) is 3.59. The summed E-state index contributed by atoms with van der Waals surface area (Å²) in [5.74, 6) is 0. The lowest BCUT2D eigenvalue weighted by Crippen LogP contribution is -2.19. The molecule has 86 valence electrons. The van der Waals surface area contributed by atoms with Crippen molar-refractivity contribution in [2.24, 2.45) is 0 Å². The fraction of sp³-hybridized carbons (Fsp3) is 0.200. The predicted octanol–water partition coefficient (Wildman–Crippen LogP) is 0.519. The van der Waals surface area contributed by atoms with Gasteiger partial charge in [0, 0.05) is 11.6 Å². The number of imidazole rings is 1. The molecule has 0 fully saturated rings. The molecule has 1 unspecified atom stereocenters. The Morgan fingerprint density at radius 2 is 2.19 bits per heavy atom. The lowest BCUT2D eigenvalue weighted by molar-refractivity contribution is 0.566. The number of hydrogen-bond donors (Lipinski definition) is 2. The van der Waals surface area contributed by atoms with Crippen molar-refractivity contribution in [2.45, 2.75) is 6.54 Å². The Labute approximate surface area is 92.6 Å². The number of aromatic amines is 1. The van der Waals surface area contributed by atoms with Crippen LogP contribution >= 0.6 is 0 Å². The van der Waals surface area contributed by atoms with Crippen molar-refractivity contribution >= 4 is 26.2 Å². The molecule has 2 N–H and O–H groups in total. The molecule has 1 aromatic carbocycles. The zero-order chi connectivity index (χ0) is 11.8. The highest BCUT2D eigenvalue weighted by Gasteiger charge is 2.04. The molecule has 0 aliphatic heterocycles. The summed E-state index contributed by atoms with van der Waals surface area (Å²) in [6.45, 7) is 0.120. The van der Waals surface area contributed by atoms with E-state index in [9.17, 15) is 9.00 Å². The molecule has 5 nitrogen and oxygen atoms in total. The van der Waals surface area contributed by atoms with E-state index in [2.05, 4.69) is 4.98 Å². The number of fused-ring (bicyclic) bond motifs is 1. The van der Waals surface area contributed by atoms with E-state index in [1.165, 1.54) is 16.2 Å². The largest absolute Gasteiger partial charge is 0.326 e. The first kappa shape index (κ1) is 11.0. The molecule has 0 radical (unpaired) electrons. The van der Waals surface area contributed by atoms with Crippen LogP contribution in [0.1, 0.15) is 0 Å². The molecule has 6 heteroatoms. The highest BCUT2D eigenvalue weighted by molar-refractivity contribution is 7.95. The fourth-order valence-corrected chi connectivity index (χ4v) is 1.93. The summed E-state index contributed by atoms with van der Waals surface area (Å²) in [7, 11) is -2.93. The maximum atomic E-state index is 11.6. The van der Waals surface area contributed by atoms with Gasteiger partial charge in [-0.2, -0.15) is 0 Å². The standard InChI is InChI=1S/C10H12N2O3S/c1-16(14,15)7-6-12-9-5-3-2-4-8(9)11-10(12)13/h2-5,7H,6H2,1H3,(H,11,13)(H,14,15). The Kier molecular flexibility index (Phi) is 2.61. The molecule has 0 amide bonds. The Morgan fingerprint density at radius 3 is 2.88 bits per heavy atom. The predicted molar refractivity (Wildman–Crippen MR) is 65.3 cm³/mol. The van der Waals surface area contributed by atoms with Crippen LogP contribution in [0.25, 0.3) is 11.0 Å². The molecular weight excluding hydrogens is 228 g/mol. The second-order valence-corrected chi connectivity index (χ2v) is 5.64. The third-order valence-electron chi connectivity index (χ3n) is 2.25. The summed E-state index contributed by atoms with van der Waals surface area (Å²) < 4.78 is 21.7. The molecule has 2 rings (SSSR count). The maximum Gasteiger partial charge on any atom is 0.326 e. The molecule has 2 aromatic rings. The second kappa shape index (κ2) is 3.80. The van der Waals surface area contributed by atoms with Crippen molar-refractivity contribution in [1.29, 1.82) is 0 Å². The SMILES string of the molecule is CS(=O)(O)=CCn1c(=O)[nH]c2ccccc21. The first-order chi connectivity index (χ1) is 7.47. The van der Waals surface area contributed by atoms with Crippen molar-refractivity contribution in [1.82, 2.24) is 9.55 Å². The minimum atomic E-state index is -2.93. The number of nitrogens with one attached hydrogen (secondary N) is 1. The molecule has 0 saturated carbocycles. The van der Waals surface area contributed by atoms with Crippen LogP contribution in [-0.4, -0.2) is 29.9 Å². The number of aromatic nitrogens is 2. The third kappa shape index (κ3) is 2.17. The van der Waals surface area contributed by atoms with E-state index in [0.29, 0.717) is 0 Å². The number of benzene rings is 1. The average Bonchev–Trinajstić information content (AvgIpc) is 2.49. The van der Waals surface area contributed by atoms with E-state index in [4.69, 9.17) is 4.55 Å². The minimum absolute atomic E-state index is 0.120. The van der Waals surface area contributed by atoms with Crippen molar-refractivity contribution in [3.63, 3.8) is 0 Å². The monoisotopic (exact) mass is 240 g/mol. The van der Waals surface area contributed by atoms with Crippen molar-refractivity contribution in [3.05, 3.63) is 34.7 Å². The van der Waals surface area contributed by atoms with E-state index in [0.717, 1.165) is 11.0 Å². The quantitative estimate of drug-likeness (QED) is 0.751. The lowest BCUT2D eigenvalue weighted by Gasteiger charge is -1.99. The smallest absolute Gasteiger partial charge is 0.314 e. The van der Waals surface area contributed by atoms with Crippen LogP contribution in [0.2, 0.25) is 0 Å². The van der Waals surface area contributed by atoms with Gasteiger partial charge < -0.3 is 9.54 Å². The summed E-state index contributed by atoms with van der Waals surface area (Å²) in [6.07, 6.45) is 1.22. The number of para-hydroxylation sites is 2. The van der Waals surface area contributed by atoms with Gasteiger partial charge in [0.2, 0.25) is 0 Å². The summed E-state index contributed by atoms with van der Waals surface area (Å²) >= 11 is 0. The van der Waals surface area contributed by atoms with Gasteiger partial charge in [-0.25, -0.2) is 9.00 Å². The van der Waals surface area contributed by atoms with Gasteiger partial charge >= 0.3 is 5.69 Å². The zero-order valence-corrected chi connectivity index (χ0v) is 9.53. The van der Waals surface area contributed by atoms with Crippen LogP contribution in [0, 0.1) is 0 Å². The van der Waals surface area contributed by atoms with Gasteiger partial charge in [0.25, 0.3) is 0 Å². The number of rotatable bonds is 2. The van der Waals surface area contributed by atoms with Crippen molar-refractivity contribution in [3.8, 4) is 0 Å². The number of H-pyrrole nitrogens is 1. The Hall–Kier alpha value is -1.53. The summed E-state index contributed by atoms with van der Waals surface area (Å²) in [6, 6.07) is 7.21. The third-order valence-corrected chi connectivity index (χ3v) is 3.02. The first-order valence-corrected chi connectivity index (χ1v) is 6.68. The van der Waals surface area contributed by atoms with Gasteiger partial charge in [0.1, 0.15) is 0 Å². The normalized spacial score (nSPS) is 14.9. The Bertz CT molecular complexity index is 681. The van der Waals surface area contributed by atoms with Crippen LogP contribution in [-0.2, 0) is 16.3 Å². The lowest BCUT2D eigenvalue weighted by atomic mass is 10.3. The first-order valence-electron chi connectivity index (χ1n) is 4.70. The van der Waals surface area contributed by atoms with E-state index < -0.39 is 9.80 Å². The Morgan fingerprint density at radius 1 is 1.50 bits per heavy atom. The van der Waals surface area contributed by atoms with Gasteiger partial charge in [-0.3, -0.25) is 4.57 Å². The molecule has 0 bridgehead atoms. The van der Waals surface area contributed by atoms with Crippen LogP contribution < -0.4 is 5.69 Å². The summed E-state index contributed by atoms with van der Waals surface area (Å²) in [5, 5.41) is 1.23. The highest BCUT2D eigenvalue weighted by atomic mass is 32.2. The molecule has 1 aromatic heterocycles. The molecule has 0 saturated heterocycles. The van der Waals surface area contributed by atoms with E-state index in [1.807, 2.05) is 12.1 Å². The average molecular weight is 240 g/mol. The van der Waals surface area contributed by atoms with Gasteiger partial charge in [-0.1, -0.05) is 12.1 Å². The molecule has 0 aliphatic carbocycles. The number of hydrogen-bond acceptors (Lipinski definition) is 2.